The summed E-state index contributed by atoms with van der Waals surface area (Å²) in [5.74, 6) is -0.404. The summed E-state index contributed by atoms with van der Waals surface area (Å²) in [6.07, 6.45) is -0.527. The summed E-state index contributed by atoms with van der Waals surface area (Å²) in [4.78, 5) is 43.5. The van der Waals surface area contributed by atoms with E-state index in [-0.39, 0.29) is 37.5 Å². The van der Waals surface area contributed by atoms with Crippen molar-refractivity contribution in [3.63, 3.8) is 0 Å². The van der Waals surface area contributed by atoms with Gasteiger partial charge in [-0.2, -0.15) is 5.01 Å². The van der Waals surface area contributed by atoms with Gasteiger partial charge in [-0.25, -0.2) is 4.79 Å². The van der Waals surface area contributed by atoms with Gasteiger partial charge in [-0.3, -0.25) is 14.6 Å². The fourth-order valence-electron chi connectivity index (χ4n) is 4.96. The number of carbonyl (C=O) groups is 3. The molecule has 196 valence electrons. The lowest BCUT2D eigenvalue weighted by Crippen LogP contribution is -2.62. The van der Waals surface area contributed by atoms with E-state index in [1.165, 1.54) is 5.01 Å². The molecule has 2 heterocycles. The molecular weight excluding hydrogens is 525 g/mol. The lowest BCUT2D eigenvalue weighted by Gasteiger charge is -2.45. The maximum atomic E-state index is 13.8. The van der Waals surface area contributed by atoms with E-state index < -0.39 is 12.2 Å². The van der Waals surface area contributed by atoms with Crippen molar-refractivity contribution < 1.29 is 14.4 Å². The summed E-state index contributed by atoms with van der Waals surface area (Å²) in [6, 6.07) is 22.9. The van der Waals surface area contributed by atoms with Crippen LogP contribution in [0.3, 0.4) is 0 Å². The lowest BCUT2D eigenvalue weighted by atomic mass is 10.00. The third-order valence-corrected chi connectivity index (χ3v) is 7.64. The van der Waals surface area contributed by atoms with Gasteiger partial charge in [0, 0.05) is 20.1 Å². The third kappa shape index (κ3) is 5.20. The summed E-state index contributed by atoms with van der Waals surface area (Å²) < 4.78 is 0. The molecule has 0 spiro atoms. The fourth-order valence-corrected chi connectivity index (χ4v) is 5.28. The van der Waals surface area contributed by atoms with E-state index in [0.717, 1.165) is 11.1 Å². The molecule has 0 aliphatic carbocycles. The zero-order valence-electron chi connectivity index (χ0n) is 20.8. The van der Waals surface area contributed by atoms with Gasteiger partial charge in [0.05, 0.1) is 23.1 Å². The van der Waals surface area contributed by atoms with E-state index in [1.54, 1.807) is 34.0 Å². The topological polar surface area (TPSA) is 76.2 Å². The van der Waals surface area contributed by atoms with Crippen LogP contribution in [0.15, 0.2) is 78.9 Å². The van der Waals surface area contributed by atoms with Crippen molar-refractivity contribution in [1.29, 1.82) is 0 Å². The maximum Gasteiger partial charge on any atom is 0.332 e. The number of rotatable bonds is 6. The van der Waals surface area contributed by atoms with Crippen molar-refractivity contribution >= 4 is 41.0 Å². The largest absolute Gasteiger partial charge is 0.333 e. The number of benzene rings is 3. The Kier molecular flexibility index (Phi) is 7.56. The number of amides is 4. The molecule has 0 aromatic heterocycles. The van der Waals surface area contributed by atoms with Gasteiger partial charge in [-0.05, 0) is 28.8 Å². The van der Waals surface area contributed by atoms with Crippen molar-refractivity contribution in [2.24, 2.45) is 0 Å². The van der Waals surface area contributed by atoms with Crippen molar-refractivity contribution in [3.8, 4) is 0 Å². The van der Waals surface area contributed by atoms with Crippen molar-refractivity contribution in [2.75, 3.05) is 20.1 Å². The van der Waals surface area contributed by atoms with Crippen LogP contribution in [0.4, 0.5) is 4.79 Å². The first-order chi connectivity index (χ1) is 18.3. The van der Waals surface area contributed by atoms with Crippen LogP contribution in [0.25, 0.3) is 0 Å². The number of hydrogen-bond donors (Lipinski definition) is 1. The van der Waals surface area contributed by atoms with E-state index in [0.29, 0.717) is 22.2 Å². The van der Waals surface area contributed by atoms with E-state index >= 15 is 0 Å². The van der Waals surface area contributed by atoms with Gasteiger partial charge in [-0.15, -0.1) is 0 Å². The summed E-state index contributed by atoms with van der Waals surface area (Å²) in [7, 11) is 1.63. The van der Waals surface area contributed by atoms with Crippen LogP contribution in [0.2, 0.25) is 10.0 Å². The third-order valence-electron chi connectivity index (χ3n) is 6.90. The number of hydrogen-bond acceptors (Lipinski definition) is 4. The number of hydrazine groups is 1. The fraction of sp³-hybridized carbons (Fsp3) is 0.250. The zero-order valence-corrected chi connectivity index (χ0v) is 22.3. The monoisotopic (exact) mass is 551 g/mol. The first-order valence-electron chi connectivity index (χ1n) is 12.2. The molecule has 0 saturated carbocycles. The smallest absolute Gasteiger partial charge is 0.332 e. The predicted octanol–water partition coefficient (Wildman–Crippen LogP) is 4.30. The molecule has 2 aliphatic rings. The van der Waals surface area contributed by atoms with E-state index in [4.69, 9.17) is 23.2 Å². The molecule has 2 atom stereocenters. The van der Waals surface area contributed by atoms with Gasteiger partial charge >= 0.3 is 6.03 Å². The number of piperazine rings is 1. The summed E-state index contributed by atoms with van der Waals surface area (Å²) in [6.45, 7) is 0.853. The zero-order chi connectivity index (χ0) is 26.8. The van der Waals surface area contributed by atoms with Gasteiger partial charge in [0.25, 0.3) is 5.91 Å². The molecule has 2 saturated heterocycles. The first kappa shape index (κ1) is 26.0. The second-order valence-electron chi connectivity index (χ2n) is 9.33. The minimum atomic E-state index is -0.809. The number of nitrogens with one attached hydrogen (secondary N) is 1. The van der Waals surface area contributed by atoms with E-state index in [1.807, 2.05) is 66.7 Å². The Morgan fingerprint density at radius 2 is 1.63 bits per heavy atom. The second-order valence-corrected chi connectivity index (χ2v) is 10.1. The Labute approximate surface area is 231 Å². The van der Waals surface area contributed by atoms with Gasteiger partial charge in [0.1, 0.15) is 12.2 Å². The number of halogens is 2. The van der Waals surface area contributed by atoms with Crippen molar-refractivity contribution in [3.05, 3.63) is 106 Å². The first-order valence-corrected chi connectivity index (χ1v) is 13.0. The minimum absolute atomic E-state index is 0.0167. The quantitative estimate of drug-likeness (QED) is 0.495. The van der Waals surface area contributed by atoms with Crippen molar-refractivity contribution in [2.45, 2.75) is 25.3 Å². The molecule has 5 rings (SSSR count). The van der Waals surface area contributed by atoms with Crippen LogP contribution in [-0.4, -0.2) is 64.0 Å². The minimum Gasteiger partial charge on any atom is -0.333 e. The Morgan fingerprint density at radius 1 is 0.947 bits per heavy atom. The Hall–Kier alpha value is -3.59. The van der Waals surface area contributed by atoms with E-state index in [2.05, 4.69) is 5.32 Å². The Morgan fingerprint density at radius 3 is 2.32 bits per heavy atom. The molecule has 3 aromatic rings. The average molecular weight is 552 g/mol. The maximum absolute atomic E-state index is 13.8. The molecule has 1 N–H and O–H groups in total. The second kappa shape index (κ2) is 11.0. The molecule has 38 heavy (non-hydrogen) atoms. The van der Waals surface area contributed by atoms with Crippen molar-refractivity contribution in [1.82, 2.24) is 25.1 Å². The van der Waals surface area contributed by atoms with E-state index in [9.17, 15) is 14.4 Å². The summed E-state index contributed by atoms with van der Waals surface area (Å²) in [5.41, 5.74) is 2.50. The molecule has 8 nitrogen and oxygen atoms in total. The molecule has 0 unspecified atom stereocenters. The number of carbonyl (C=O) groups excluding carboxylic acids is 3. The van der Waals surface area contributed by atoms with Crippen LogP contribution in [0.5, 0.6) is 0 Å². The molecule has 3 aromatic carbocycles. The van der Waals surface area contributed by atoms with Crippen LogP contribution >= 0.6 is 23.2 Å². The average Bonchev–Trinajstić information content (AvgIpc) is 3.25. The highest BCUT2D eigenvalue weighted by Crippen LogP contribution is 2.36. The lowest BCUT2D eigenvalue weighted by molar-refractivity contribution is -0.157. The SMILES string of the molecule is CN(C(=O)NCc1ccccc1)N1CC(=O)N2[C@@H](c3ccccc3)C(=O)N(Cc3ccc(Cl)c(Cl)c3)C[C@@H]21. The van der Waals surface area contributed by atoms with Gasteiger partial charge in [-0.1, -0.05) is 89.9 Å². The van der Waals surface area contributed by atoms with Crippen LogP contribution in [0.1, 0.15) is 22.7 Å². The molecule has 10 heteroatoms. The highest BCUT2D eigenvalue weighted by atomic mass is 35.5. The molecule has 2 aliphatic heterocycles. The number of fused-ring (bicyclic) bond motifs is 1. The predicted molar refractivity (Wildman–Crippen MR) is 145 cm³/mol. The van der Waals surface area contributed by atoms with Gasteiger partial charge in [0.2, 0.25) is 5.91 Å². The molecular formula is C28H27Cl2N5O3. The highest BCUT2D eigenvalue weighted by Gasteiger charge is 2.52. The molecule has 4 amide bonds. The standard InChI is InChI=1S/C28H27Cl2N5O3/c1-32(28(38)31-15-19-8-4-2-5-9-19)34-18-25(36)35-24(34)17-33(16-20-12-13-22(29)23(30)14-20)27(37)26(35)21-10-6-3-7-11-21/h2-14,24,26H,15-18H2,1H3,(H,31,38)/t24-,26+/m1/s1. The number of urea groups is 1. The van der Waals surface area contributed by atoms with Crippen LogP contribution < -0.4 is 5.32 Å². The van der Waals surface area contributed by atoms with Crippen LogP contribution in [-0.2, 0) is 22.7 Å². The van der Waals surface area contributed by atoms with Gasteiger partial charge in [0.15, 0.2) is 0 Å². The summed E-state index contributed by atoms with van der Waals surface area (Å²) in [5, 5.41) is 6.89. The van der Waals surface area contributed by atoms with Crippen LogP contribution in [0, 0.1) is 0 Å². The van der Waals surface area contributed by atoms with Gasteiger partial charge < -0.3 is 15.1 Å². The normalized spacial score (nSPS) is 19.4. The number of nitrogens with zero attached hydrogens (tertiary/aromatic N) is 4. The Balaban J connectivity index is 1.41. The highest BCUT2D eigenvalue weighted by molar-refractivity contribution is 6.42. The molecule has 0 bridgehead atoms. The Bertz CT molecular complexity index is 1340. The summed E-state index contributed by atoms with van der Waals surface area (Å²) >= 11 is 12.3. The molecule has 0 radical (unpaired) electrons. The molecule has 2 fully saturated rings.